The molecule has 0 aliphatic heterocycles. The molecule has 0 radical (unpaired) electrons. The van der Waals surface area contributed by atoms with E-state index < -0.39 is 12.6 Å². The average Bonchev–Trinajstić information content (AvgIpc) is 1.99. The summed E-state index contributed by atoms with van der Waals surface area (Å²) >= 11 is 4.15. The molecular formula is C10H23O3PS. The molecule has 5 heteroatoms. The second-order valence-corrected chi connectivity index (χ2v) is 6.82. The van der Waals surface area contributed by atoms with Crippen LogP contribution in [0.1, 0.15) is 48.8 Å². The normalized spacial score (nSPS) is 18.0. The van der Waals surface area contributed by atoms with Gasteiger partial charge in [-0.05, 0) is 34.1 Å². The Morgan fingerprint density at radius 3 is 1.93 bits per heavy atom. The van der Waals surface area contributed by atoms with Crippen LogP contribution in [-0.2, 0) is 13.6 Å². The number of hydrogen-bond donors (Lipinski definition) is 1. The largest absolute Gasteiger partial charge is 0.343 e. The highest BCUT2D eigenvalue weighted by molar-refractivity contribution is 7.89. The standard InChI is InChI=1S/C10H23O3PS/c1-6-7-10(15)14(11,12-8(2)3)13-9(4)5/h8-10,15H,6-7H2,1-5H3/t10-/m1/s1/i10D. The number of rotatable bonds is 7. The Kier molecular flexibility index (Phi) is 6.28. The van der Waals surface area contributed by atoms with Crippen molar-refractivity contribution in [3.8, 4) is 0 Å². The molecule has 1 atom stereocenters. The van der Waals surface area contributed by atoms with E-state index in [-0.39, 0.29) is 12.2 Å². The second-order valence-electron chi connectivity index (χ2n) is 3.97. The van der Waals surface area contributed by atoms with Gasteiger partial charge in [-0.1, -0.05) is 13.3 Å². The van der Waals surface area contributed by atoms with E-state index in [1.165, 1.54) is 0 Å². The Labute approximate surface area is 100 Å². The highest BCUT2D eigenvalue weighted by atomic mass is 32.1. The van der Waals surface area contributed by atoms with Crippen LogP contribution in [0.5, 0.6) is 0 Å². The molecule has 0 aromatic heterocycles. The SMILES string of the molecule is [2H][C@@](S)(CCC)P(=O)(OC(C)C)OC(C)C. The minimum atomic E-state index is -3.52. The molecule has 3 nitrogen and oxygen atoms in total. The predicted octanol–water partition coefficient (Wildman–Crippen LogP) is 4.09. The molecule has 0 rings (SSSR count). The summed E-state index contributed by atoms with van der Waals surface area (Å²) in [5.74, 6) is 0. The fraction of sp³-hybridized carbons (Fsp3) is 1.00. The van der Waals surface area contributed by atoms with Gasteiger partial charge in [0.15, 0.2) is 0 Å². The van der Waals surface area contributed by atoms with E-state index in [9.17, 15) is 4.57 Å². The molecule has 0 aromatic rings. The van der Waals surface area contributed by atoms with E-state index >= 15 is 0 Å². The third-order valence-corrected chi connectivity index (χ3v) is 4.70. The Morgan fingerprint density at radius 2 is 1.67 bits per heavy atom. The van der Waals surface area contributed by atoms with Gasteiger partial charge in [0.05, 0.1) is 13.6 Å². The zero-order valence-electron chi connectivity index (χ0n) is 11.2. The van der Waals surface area contributed by atoms with Crippen LogP contribution in [0.25, 0.3) is 0 Å². The summed E-state index contributed by atoms with van der Waals surface area (Å²) in [6.45, 7) is 8.99. The van der Waals surface area contributed by atoms with Crippen molar-refractivity contribution in [2.45, 2.75) is 64.6 Å². The van der Waals surface area contributed by atoms with Crippen molar-refractivity contribution < 1.29 is 15.0 Å². The molecule has 0 aromatic carbocycles. The lowest BCUT2D eigenvalue weighted by molar-refractivity contribution is 0.140. The summed E-state index contributed by atoms with van der Waals surface area (Å²) in [4.78, 5) is -1.48. The Morgan fingerprint density at radius 1 is 1.27 bits per heavy atom. The third-order valence-electron chi connectivity index (χ3n) is 1.49. The summed E-state index contributed by atoms with van der Waals surface area (Å²) in [7, 11) is -3.52. The summed E-state index contributed by atoms with van der Waals surface area (Å²) in [5.41, 5.74) is 0. The molecule has 0 fully saturated rings. The van der Waals surface area contributed by atoms with E-state index in [4.69, 9.17) is 10.4 Å². The predicted molar refractivity (Wildman–Crippen MR) is 67.7 cm³/mol. The van der Waals surface area contributed by atoms with Crippen molar-refractivity contribution in [2.75, 3.05) is 0 Å². The zero-order valence-corrected chi connectivity index (χ0v) is 12.0. The maximum absolute atomic E-state index is 12.5. The first-order valence-corrected chi connectivity index (χ1v) is 7.33. The van der Waals surface area contributed by atoms with Gasteiger partial charge in [-0.15, -0.1) is 0 Å². The monoisotopic (exact) mass is 255 g/mol. The highest BCUT2D eigenvalue weighted by Gasteiger charge is 2.34. The molecule has 0 heterocycles. The van der Waals surface area contributed by atoms with Crippen LogP contribution in [0.3, 0.4) is 0 Å². The third kappa shape index (κ3) is 5.96. The van der Waals surface area contributed by atoms with Gasteiger partial charge in [-0.3, -0.25) is 4.57 Å². The van der Waals surface area contributed by atoms with Crippen LogP contribution < -0.4 is 0 Å². The summed E-state index contributed by atoms with van der Waals surface area (Å²) in [6.07, 6.45) is 0.573. The minimum Gasteiger partial charge on any atom is -0.305 e. The van der Waals surface area contributed by atoms with Gasteiger partial charge in [-0.2, -0.15) is 12.6 Å². The number of thiol groups is 1. The first kappa shape index (κ1) is 13.6. The van der Waals surface area contributed by atoms with Gasteiger partial charge < -0.3 is 9.05 Å². The maximum atomic E-state index is 12.5. The molecule has 15 heavy (non-hydrogen) atoms. The Bertz CT molecular complexity index is 242. The molecule has 0 saturated heterocycles. The Hall–Kier alpha value is 0.500. The molecule has 0 aliphatic rings. The van der Waals surface area contributed by atoms with Crippen molar-refractivity contribution in [1.29, 1.82) is 0 Å². The molecule has 0 aliphatic carbocycles. The topological polar surface area (TPSA) is 35.5 Å². The molecule has 0 bridgehead atoms. The van der Waals surface area contributed by atoms with Crippen LogP contribution in [0, 0.1) is 0 Å². The van der Waals surface area contributed by atoms with E-state index in [2.05, 4.69) is 12.6 Å². The van der Waals surface area contributed by atoms with Gasteiger partial charge in [-0.25, -0.2) is 0 Å². The Balaban J connectivity index is 4.98. The van der Waals surface area contributed by atoms with Crippen LogP contribution in [-0.4, -0.2) is 17.2 Å². The fourth-order valence-corrected chi connectivity index (χ4v) is 3.47. The van der Waals surface area contributed by atoms with Gasteiger partial charge in [0.1, 0.15) is 4.97 Å². The molecule has 0 spiro atoms. The quantitative estimate of drug-likeness (QED) is 0.550. The van der Waals surface area contributed by atoms with Crippen LogP contribution in [0.4, 0.5) is 0 Å². The summed E-state index contributed by atoms with van der Waals surface area (Å²) in [6, 6.07) is 0. The molecule has 0 unspecified atom stereocenters. The van der Waals surface area contributed by atoms with E-state index in [1.54, 1.807) is 27.7 Å². The number of hydrogen-bond acceptors (Lipinski definition) is 4. The molecular weight excluding hydrogens is 231 g/mol. The lowest BCUT2D eigenvalue weighted by Gasteiger charge is -2.26. The van der Waals surface area contributed by atoms with E-state index in [0.29, 0.717) is 12.8 Å². The van der Waals surface area contributed by atoms with Crippen LogP contribution in [0.15, 0.2) is 0 Å². The van der Waals surface area contributed by atoms with Gasteiger partial charge in [0.25, 0.3) is 0 Å². The van der Waals surface area contributed by atoms with E-state index in [1.807, 2.05) is 6.92 Å². The molecule has 0 saturated carbocycles. The van der Waals surface area contributed by atoms with E-state index in [0.717, 1.165) is 0 Å². The van der Waals surface area contributed by atoms with Crippen molar-refractivity contribution in [3.63, 3.8) is 0 Å². The van der Waals surface area contributed by atoms with Crippen molar-refractivity contribution >= 4 is 20.2 Å². The first-order valence-electron chi connectivity index (χ1n) is 5.84. The van der Waals surface area contributed by atoms with Crippen molar-refractivity contribution in [2.24, 2.45) is 0 Å². The summed E-state index contributed by atoms with van der Waals surface area (Å²) in [5, 5.41) is 0. The smallest absolute Gasteiger partial charge is 0.305 e. The maximum Gasteiger partial charge on any atom is 0.343 e. The van der Waals surface area contributed by atoms with Crippen molar-refractivity contribution in [3.05, 3.63) is 0 Å². The van der Waals surface area contributed by atoms with Gasteiger partial charge >= 0.3 is 7.60 Å². The highest BCUT2D eigenvalue weighted by Crippen LogP contribution is 2.57. The van der Waals surface area contributed by atoms with Gasteiger partial charge in [0, 0.05) is 0 Å². The van der Waals surface area contributed by atoms with Crippen LogP contribution in [0.2, 0.25) is 0 Å². The summed E-state index contributed by atoms with van der Waals surface area (Å²) < 4.78 is 31.2. The lowest BCUT2D eigenvalue weighted by atomic mass is 10.4. The molecule has 92 valence electrons. The molecule has 0 amide bonds. The average molecular weight is 255 g/mol. The second kappa shape index (κ2) is 6.95. The van der Waals surface area contributed by atoms with Crippen molar-refractivity contribution in [1.82, 2.24) is 0 Å². The lowest BCUT2D eigenvalue weighted by Crippen LogP contribution is -2.14. The van der Waals surface area contributed by atoms with Crippen LogP contribution >= 0.6 is 20.2 Å². The minimum absolute atomic E-state index is 0.252. The van der Waals surface area contributed by atoms with Gasteiger partial charge in [0.2, 0.25) is 0 Å². The zero-order chi connectivity index (χ0) is 13.0. The molecule has 0 N–H and O–H groups in total. The fourth-order valence-electron chi connectivity index (χ4n) is 1.06. The first-order chi connectivity index (χ1) is 7.14.